The van der Waals surface area contributed by atoms with E-state index in [9.17, 15) is 13.2 Å². The number of sulfonamides is 1. The average molecular weight is 357 g/mol. The normalized spacial score (nSPS) is 10.8. The second-order valence-electron chi connectivity index (χ2n) is 5.57. The van der Waals surface area contributed by atoms with Crippen molar-refractivity contribution in [1.82, 2.24) is 5.32 Å². The highest BCUT2D eigenvalue weighted by molar-refractivity contribution is 7.92. The number of carbonyl (C=O) groups is 1. The van der Waals surface area contributed by atoms with Gasteiger partial charge in [0.1, 0.15) is 0 Å². The number of rotatable bonds is 6. The van der Waals surface area contributed by atoms with E-state index >= 15 is 0 Å². The maximum absolute atomic E-state index is 12.2. The molecule has 25 heavy (non-hydrogen) atoms. The van der Waals surface area contributed by atoms with Gasteiger partial charge >= 0.3 is 0 Å². The van der Waals surface area contributed by atoms with Crippen LogP contribution in [0.25, 0.3) is 0 Å². The number of hydrogen-bond donors (Lipinski definition) is 1. The fourth-order valence-electron chi connectivity index (χ4n) is 2.41. The molecule has 2 aromatic carbocycles. The lowest BCUT2D eigenvalue weighted by atomic mass is 10.1. The van der Waals surface area contributed by atoms with Gasteiger partial charge in [0.05, 0.1) is 30.1 Å². The monoisotopic (exact) mass is 357 g/mol. The van der Waals surface area contributed by atoms with E-state index < -0.39 is 10.0 Å². The van der Waals surface area contributed by atoms with E-state index in [4.69, 9.17) is 5.26 Å². The molecule has 7 heteroatoms. The summed E-state index contributed by atoms with van der Waals surface area (Å²) in [6.07, 6.45) is 1.09. The Bertz CT molecular complexity index is 917. The molecule has 1 amide bonds. The lowest BCUT2D eigenvalue weighted by Gasteiger charge is -2.22. The molecule has 1 N–H and O–H groups in total. The van der Waals surface area contributed by atoms with Gasteiger partial charge in [0.2, 0.25) is 10.0 Å². The number of amides is 1. The number of nitriles is 1. The molecule has 2 aromatic rings. The minimum absolute atomic E-state index is 0.0747. The molecule has 2 rings (SSSR count). The summed E-state index contributed by atoms with van der Waals surface area (Å²) in [6, 6.07) is 15.5. The molecule has 0 unspecified atom stereocenters. The molecular weight excluding hydrogens is 338 g/mol. The Morgan fingerprint density at radius 3 is 2.56 bits per heavy atom. The van der Waals surface area contributed by atoms with Gasteiger partial charge in [-0.15, -0.1) is 0 Å². The Morgan fingerprint density at radius 2 is 1.92 bits per heavy atom. The van der Waals surface area contributed by atoms with Crippen LogP contribution < -0.4 is 9.62 Å². The van der Waals surface area contributed by atoms with Gasteiger partial charge in [-0.3, -0.25) is 9.10 Å². The van der Waals surface area contributed by atoms with Crippen LogP contribution in [0.3, 0.4) is 0 Å². The fourth-order valence-corrected chi connectivity index (χ4v) is 3.33. The van der Waals surface area contributed by atoms with Crippen molar-refractivity contribution in [1.29, 1.82) is 5.26 Å². The highest BCUT2D eigenvalue weighted by Crippen LogP contribution is 2.18. The standard InChI is InChI=1S/C18H19N3O3S/c1-14-6-3-4-9-17(14)18(22)20-10-11-21(25(2,23)24)16-8-5-7-15(12-16)13-19/h3-9,12H,10-11H2,1-2H3,(H,20,22). The zero-order chi connectivity index (χ0) is 18.4. The number of hydrogen-bond acceptors (Lipinski definition) is 4. The van der Waals surface area contributed by atoms with Crippen LogP contribution in [0, 0.1) is 18.3 Å². The first-order valence-electron chi connectivity index (χ1n) is 7.64. The number of nitrogens with zero attached hydrogens (tertiary/aromatic N) is 2. The summed E-state index contributed by atoms with van der Waals surface area (Å²) in [4.78, 5) is 12.2. The predicted molar refractivity (Wildman–Crippen MR) is 96.9 cm³/mol. The van der Waals surface area contributed by atoms with Crippen LogP contribution in [-0.2, 0) is 10.0 Å². The molecule has 0 aliphatic rings. The smallest absolute Gasteiger partial charge is 0.251 e. The Balaban J connectivity index is 2.10. The second-order valence-corrected chi connectivity index (χ2v) is 7.47. The maximum atomic E-state index is 12.2. The van der Waals surface area contributed by atoms with Crippen molar-refractivity contribution in [3.8, 4) is 6.07 Å². The maximum Gasteiger partial charge on any atom is 0.251 e. The third-order valence-corrected chi connectivity index (χ3v) is 4.85. The number of anilines is 1. The number of aryl methyl sites for hydroxylation is 1. The minimum atomic E-state index is -3.54. The number of benzene rings is 2. The average Bonchev–Trinajstić information content (AvgIpc) is 2.58. The van der Waals surface area contributed by atoms with Crippen molar-refractivity contribution in [2.75, 3.05) is 23.7 Å². The van der Waals surface area contributed by atoms with Gasteiger partial charge in [-0.25, -0.2) is 8.42 Å². The van der Waals surface area contributed by atoms with Crippen LogP contribution in [0.5, 0.6) is 0 Å². The van der Waals surface area contributed by atoms with E-state index in [1.54, 1.807) is 30.3 Å². The molecule has 0 atom stereocenters. The van der Waals surface area contributed by atoms with Gasteiger partial charge < -0.3 is 5.32 Å². The van der Waals surface area contributed by atoms with E-state index in [-0.39, 0.29) is 19.0 Å². The first-order valence-corrected chi connectivity index (χ1v) is 9.49. The lowest BCUT2D eigenvalue weighted by Crippen LogP contribution is -2.38. The minimum Gasteiger partial charge on any atom is -0.350 e. The van der Waals surface area contributed by atoms with Crippen molar-refractivity contribution in [3.05, 3.63) is 65.2 Å². The van der Waals surface area contributed by atoms with Crippen LogP contribution in [0.15, 0.2) is 48.5 Å². The van der Waals surface area contributed by atoms with Gasteiger partial charge in [-0.2, -0.15) is 5.26 Å². The van der Waals surface area contributed by atoms with Crippen molar-refractivity contribution in [2.24, 2.45) is 0 Å². The molecule has 0 heterocycles. The van der Waals surface area contributed by atoms with E-state index in [0.29, 0.717) is 16.8 Å². The lowest BCUT2D eigenvalue weighted by molar-refractivity contribution is 0.0954. The first kappa shape index (κ1) is 18.5. The summed E-state index contributed by atoms with van der Waals surface area (Å²) in [5.41, 5.74) is 2.17. The SMILES string of the molecule is Cc1ccccc1C(=O)NCCN(c1cccc(C#N)c1)S(C)(=O)=O. The van der Waals surface area contributed by atoms with Gasteiger partial charge in [0, 0.05) is 12.1 Å². The van der Waals surface area contributed by atoms with Crippen LogP contribution in [0.1, 0.15) is 21.5 Å². The molecule has 130 valence electrons. The molecule has 0 saturated heterocycles. The molecular formula is C18H19N3O3S. The number of carbonyl (C=O) groups excluding carboxylic acids is 1. The van der Waals surface area contributed by atoms with Crippen molar-refractivity contribution in [3.63, 3.8) is 0 Å². The van der Waals surface area contributed by atoms with Crippen LogP contribution in [-0.4, -0.2) is 33.7 Å². The summed E-state index contributed by atoms with van der Waals surface area (Å²) in [6.45, 7) is 2.06. The molecule has 6 nitrogen and oxygen atoms in total. The molecule has 0 saturated carbocycles. The van der Waals surface area contributed by atoms with E-state index in [1.807, 2.05) is 25.1 Å². The fraction of sp³-hybridized carbons (Fsp3) is 0.222. The quantitative estimate of drug-likeness (QED) is 0.857. The highest BCUT2D eigenvalue weighted by atomic mass is 32.2. The molecule has 0 fully saturated rings. The van der Waals surface area contributed by atoms with E-state index in [1.165, 1.54) is 10.4 Å². The van der Waals surface area contributed by atoms with Crippen LogP contribution in [0.4, 0.5) is 5.69 Å². The molecule has 0 radical (unpaired) electrons. The van der Waals surface area contributed by atoms with Crippen LogP contribution in [0.2, 0.25) is 0 Å². The van der Waals surface area contributed by atoms with Crippen molar-refractivity contribution < 1.29 is 13.2 Å². The van der Waals surface area contributed by atoms with Gasteiger partial charge in [0.25, 0.3) is 5.91 Å². The summed E-state index contributed by atoms with van der Waals surface area (Å²) < 4.78 is 25.3. The Morgan fingerprint density at radius 1 is 1.20 bits per heavy atom. The van der Waals surface area contributed by atoms with Crippen LogP contribution >= 0.6 is 0 Å². The Labute approximate surface area is 147 Å². The predicted octanol–water partition coefficient (Wildman–Crippen LogP) is 2.06. The number of nitrogens with one attached hydrogen (secondary N) is 1. The van der Waals surface area contributed by atoms with Gasteiger partial charge in [-0.05, 0) is 36.8 Å². The summed E-state index contributed by atoms with van der Waals surface area (Å²) >= 11 is 0. The second kappa shape index (κ2) is 7.81. The summed E-state index contributed by atoms with van der Waals surface area (Å²) in [5, 5.41) is 11.7. The molecule has 0 spiro atoms. The first-order chi connectivity index (χ1) is 11.8. The molecule has 0 aliphatic carbocycles. The highest BCUT2D eigenvalue weighted by Gasteiger charge is 2.18. The zero-order valence-electron chi connectivity index (χ0n) is 14.1. The Kier molecular flexibility index (Phi) is 5.78. The molecule has 0 aliphatic heterocycles. The Hall–Kier alpha value is -2.85. The zero-order valence-corrected chi connectivity index (χ0v) is 14.9. The molecule has 0 aromatic heterocycles. The third kappa shape index (κ3) is 4.81. The van der Waals surface area contributed by atoms with Crippen molar-refractivity contribution in [2.45, 2.75) is 6.92 Å². The third-order valence-electron chi connectivity index (χ3n) is 3.65. The topological polar surface area (TPSA) is 90.3 Å². The molecule has 0 bridgehead atoms. The summed E-state index contributed by atoms with van der Waals surface area (Å²) in [7, 11) is -3.54. The van der Waals surface area contributed by atoms with Gasteiger partial charge in [0.15, 0.2) is 0 Å². The van der Waals surface area contributed by atoms with Crippen molar-refractivity contribution >= 4 is 21.6 Å². The van der Waals surface area contributed by atoms with E-state index in [0.717, 1.165) is 11.8 Å². The van der Waals surface area contributed by atoms with E-state index in [2.05, 4.69) is 5.32 Å². The summed E-state index contributed by atoms with van der Waals surface area (Å²) in [5.74, 6) is -0.252. The largest absolute Gasteiger partial charge is 0.350 e. The van der Waals surface area contributed by atoms with Gasteiger partial charge in [-0.1, -0.05) is 24.3 Å².